The molecular weight excluding hydrogens is 308 g/mol. The van der Waals surface area contributed by atoms with Crippen molar-refractivity contribution in [3.05, 3.63) is 35.9 Å². The summed E-state index contributed by atoms with van der Waals surface area (Å²) in [7, 11) is 0. The van der Waals surface area contributed by atoms with E-state index in [0.29, 0.717) is 6.54 Å². The van der Waals surface area contributed by atoms with Crippen molar-refractivity contribution < 1.29 is 9.90 Å². The molecule has 5 heteroatoms. The fourth-order valence-corrected chi connectivity index (χ4v) is 4.33. The molecule has 2 aliphatic rings. The summed E-state index contributed by atoms with van der Waals surface area (Å²) < 4.78 is 0. The SMILES string of the molecule is CC1CCN(C(=O)C(c2ccccc2)N2CCSCC2)CC1O. The Kier molecular flexibility index (Phi) is 5.62. The Morgan fingerprint density at radius 3 is 2.57 bits per heavy atom. The average Bonchev–Trinajstić information content (AvgIpc) is 2.59. The molecule has 3 unspecified atom stereocenters. The second-order valence-electron chi connectivity index (χ2n) is 6.58. The molecule has 0 bridgehead atoms. The largest absolute Gasteiger partial charge is 0.391 e. The zero-order chi connectivity index (χ0) is 16.2. The first-order valence-corrected chi connectivity index (χ1v) is 9.66. The summed E-state index contributed by atoms with van der Waals surface area (Å²) in [6.45, 7) is 5.17. The number of carbonyl (C=O) groups is 1. The van der Waals surface area contributed by atoms with Crippen LogP contribution < -0.4 is 0 Å². The van der Waals surface area contributed by atoms with Gasteiger partial charge in [-0.15, -0.1) is 0 Å². The van der Waals surface area contributed by atoms with Crippen LogP contribution in [0.3, 0.4) is 0 Å². The molecule has 23 heavy (non-hydrogen) atoms. The van der Waals surface area contributed by atoms with Crippen LogP contribution in [0.15, 0.2) is 30.3 Å². The van der Waals surface area contributed by atoms with E-state index < -0.39 is 6.10 Å². The lowest BCUT2D eigenvalue weighted by atomic mass is 9.94. The minimum atomic E-state index is -0.402. The third kappa shape index (κ3) is 3.90. The Hall–Kier alpha value is -1.04. The number of rotatable bonds is 3. The highest BCUT2D eigenvalue weighted by atomic mass is 32.2. The van der Waals surface area contributed by atoms with Crippen LogP contribution in [0, 0.1) is 5.92 Å². The first kappa shape index (κ1) is 16.8. The quantitative estimate of drug-likeness (QED) is 0.918. The zero-order valence-corrected chi connectivity index (χ0v) is 14.5. The van der Waals surface area contributed by atoms with Crippen molar-refractivity contribution in [1.82, 2.24) is 9.80 Å². The van der Waals surface area contributed by atoms with Gasteiger partial charge in [-0.05, 0) is 17.9 Å². The van der Waals surface area contributed by atoms with E-state index in [2.05, 4.69) is 11.8 Å². The van der Waals surface area contributed by atoms with Gasteiger partial charge in [-0.2, -0.15) is 11.8 Å². The molecule has 0 spiro atoms. The number of β-amino-alcohol motifs (C(OH)–C–C–N with tert-alkyl or cyclic N) is 1. The van der Waals surface area contributed by atoms with Gasteiger partial charge >= 0.3 is 0 Å². The fraction of sp³-hybridized carbons (Fsp3) is 0.611. The number of thioether (sulfide) groups is 1. The number of aliphatic hydroxyl groups is 1. The Bertz CT molecular complexity index is 519. The van der Waals surface area contributed by atoms with E-state index in [1.165, 1.54) is 0 Å². The monoisotopic (exact) mass is 334 g/mol. The van der Waals surface area contributed by atoms with E-state index in [-0.39, 0.29) is 17.9 Å². The molecule has 3 rings (SSSR count). The predicted molar refractivity (Wildman–Crippen MR) is 94.4 cm³/mol. The topological polar surface area (TPSA) is 43.8 Å². The van der Waals surface area contributed by atoms with Crippen molar-refractivity contribution >= 4 is 17.7 Å². The second-order valence-corrected chi connectivity index (χ2v) is 7.80. The van der Waals surface area contributed by atoms with Crippen LogP contribution in [0.25, 0.3) is 0 Å². The standard InChI is InChI=1S/C18H26N2O2S/c1-14-7-8-20(13-16(14)21)18(22)17(15-5-3-2-4-6-15)19-9-11-23-12-10-19/h2-6,14,16-17,21H,7-13H2,1H3. The van der Waals surface area contributed by atoms with Crippen molar-refractivity contribution in [2.45, 2.75) is 25.5 Å². The Morgan fingerprint density at radius 1 is 1.22 bits per heavy atom. The Morgan fingerprint density at radius 2 is 1.91 bits per heavy atom. The number of benzene rings is 1. The van der Waals surface area contributed by atoms with Crippen LogP contribution in [0.5, 0.6) is 0 Å². The second kappa shape index (κ2) is 7.69. The van der Waals surface area contributed by atoms with Crippen molar-refractivity contribution in [2.75, 3.05) is 37.7 Å². The van der Waals surface area contributed by atoms with Gasteiger partial charge in [0.25, 0.3) is 0 Å². The van der Waals surface area contributed by atoms with Gasteiger partial charge in [-0.25, -0.2) is 0 Å². The summed E-state index contributed by atoms with van der Waals surface area (Å²) in [5.41, 5.74) is 1.07. The normalized spacial score (nSPS) is 27.7. The van der Waals surface area contributed by atoms with Crippen LogP contribution in [-0.4, -0.2) is 64.6 Å². The fourth-order valence-electron chi connectivity index (χ4n) is 3.40. The maximum Gasteiger partial charge on any atom is 0.244 e. The number of amides is 1. The maximum atomic E-state index is 13.2. The molecule has 4 nitrogen and oxygen atoms in total. The number of carbonyl (C=O) groups excluding carboxylic acids is 1. The Balaban J connectivity index is 1.81. The summed E-state index contributed by atoms with van der Waals surface area (Å²) in [5, 5.41) is 10.1. The molecule has 3 atom stereocenters. The molecule has 0 aliphatic carbocycles. The van der Waals surface area contributed by atoms with Crippen molar-refractivity contribution in [1.29, 1.82) is 0 Å². The van der Waals surface area contributed by atoms with Crippen molar-refractivity contribution in [2.24, 2.45) is 5.92 Å². The number of hydrogen-bond acceptors (Lipinski definition) is 4. The zero-order valence-electron chi connectivity index (χ0n) is 13.7. The molecule has 1 aromatic rings. The lowest BCUT2D eigenvalue weighted by molar-refractivity contribution is -0.141. The van der Waals surface area contributed by atoms with Gasteiger partial charge in [-0.3, -0.25) is 9.69 Å². The van der Waals surface area contributed by atoms with Gasteiger partial charge in [-0.1, -0.05) is 37.3 Å². The molecule has 0 radical (unpaired) electrons. The molecule has 0 saturated carbocycles. The van der Waals surface area contributed by atoms with Gasteiger partial charge in [0.15, 0.2) is 0 Å². The van der Waals surface area contributed by atoms with Crippen LogP contribution in [-0.2, 0) is 4.79 Å². The Labute approximate surface area is 142 Å². The minimum Gasteiger partial charge on any atom is -0.391 e. The maximum absolute atomic E-state index is 13.2. The van der Waals surface area contributed by atoms with E-state index in [9.17, 15) is 9.90 Å². The number of likely N-dealkylation sites (tertiary alicyclic amines) is 1. The molecule has 126 valence electrons. The highest BCUT2D eigenvalue weighted by molar-refractivity contribution is 7.99. The lowest BCUT2D eigenvalue weighted by Gasteiger charge is -2.40. The van der Waals surface area contributed by atoms with Crippen LogP contribution in [0.2, 0.25) is 0 Å². The average molecular weight is 334 g/mol. The summed E-state index contributed by atoms with van der Waals surface area (Å²) in [4.78, 5) is 17.4. The summed E-state index contributed by atoms with van der Waals surface area (Å²) in [5.74, 6) is 2.58. The molecule has 0 aromatic heterocycles. The van der Waals surface area contributed by atoms with E-state index in [0.717, 1.165) is 43.1 Å². The van der Waals surface area contributed by atoms with Gasteiger partial charge in [0.05, 0.1) is 6.10 Å². The van der Waals surface area contributed by atoms with E-state index in [1.807, 2.05) is 47.0 Å². The molecular formula is C18H26N2O2S. The number of nitrogens with zero attached hydrogens (tertiary/aromatic N) is 2. The molecule has 2 saturated heterocycles. The van der Waals surface area contributed by atoms with Crippen LogP contribution in [0.4, 0.5) is 0 Å². The van der Waals surface area contributed by atoms with E-state index in [4.69, 9.17) is 0 Å². The van der Waals surface area contributed by atoms with Gasteiger partial charge in [0.2, 0.25) is 5.91 Å². The first-order valence-electron chi connectivity index (χ1n) is 8.50. The van der Waals surface area contributed by atoms with Gasteiger partial charge in [0, 0.05) is 37.7 Å². The first-order chi connectivity index (χ1) is 11.2. The predicted octanol–water partition coefficient (Wildman–Crippen LogP) is 2.01. The van der Waals surface area contributed by atoms with E-state index >= 15 is 0 Å². The van der Waals surface area contributed by atoms with Crippen molar-refractivity contribution in [3.63, 3.8) is 0 Å². The molecule has 2 fully saturated rings. The number of piperidine rings is 1. The van der Waals surface area contributed by atoms with Crippen LogP contribution in [0.1, 0.15) is 24.9 Å². The van der Waals surface area contributed by atoms with Crippen LogP contribution >= 0.6 is 11.8 Å². The molecule has 2 heterocycles. The minimum absolute atomic E-state index is 0.147. The smallest absolute Gasteiger partial charge is 0.244 e. The molecule has 1 amide bonds. The lowest BCUT2D eigenvalue weighted by Crippen LogP contribution is -2.51. The molecule has 1 aromatic carbocycles. The summed E-state index contributed by atoms with van der Waals surface area (Å²) in [6, 6.07) is 9.88. The number of aliphatic hydroxyl groups excluding tert-OH is 1. The molecule has 2 aliphatic heterocycles. The summed E-state index contributed by atoms with van der Waals surface area (Å²) >= 11 is 1.95. The third-order valence-electron chi connectivity index (χ3n) is 4.99. The number of hydrogen-bond donors (Lipinski definition) is 1. The van der Waals surface area contributed by atoms with Gasteiger partial charge in [0.1, 0.15) is 6.04 Å². The highest BCUT2D eigenvalue weighted by Gasteiger charge is 2.35. The van der Waals surface area contributed by atoms with Gasteiger partial charge < -0.3 is 10.0 Å². The molecule has 1 N–H and O–H groups in total. The van der Waals surface area contributed by atoms with E-state index in [1.54, 1.807) is 0 Å². The van der Waals surface area contributed by atoms with Crippen molar-refractivity contribution in [3.8, 4) is 0 Å². The highest BCUT2D eigenvalue weighted by Crippen LogP contribution is 2.28. The summed E-state index contributed by atoms with van der Waals surface area (Å²) in [6.07, 6.45) is 0.477. The third-order valence-corrected chi connectivity index (χ3v) is 5.93.